The van der Waals surface area contributed by atoms with Gasteiger partial charge in [-0.1, -0.05) is 63.7 Å². The summed E-state index contributed by atoms with van der Waals surface area (Å²) in [6, 6.07) is 18.5. The molecule has 4 aromatic rings. The molecule has 8 nitrogen and oxygen atoms in total. The van der Waals surface area contributed by atoms with Crippen LogP contribution in [0.1, 0.15) is 34.7 Å². The minimum absolute atomic E-state index is 0.0435. The molecule has 0 radical (unpaired) electrons. The van der Waals surface area contributed by atoms with Crippen molar-refractivity contribution in [1.29, 1.82) is 0 Å². The van der Waals surface area contributed by atoms with Gasteiger partial charge >= 0.3 is 5.69 Å². The first-order chi connectivity index (χ1) is 18.4. The summed E-state index contributed by atoms with van der Waals surface area (Å²) in [5.41, 5.74) is 4.90. The number of aromatic hydroxyl groups is 1. The average Bonchev–Trinajstić information content (AvgIpc) is 3.23. The maximum Gasteiger partial charge on any atom is 0.315 e. The van der Waals surface area contributed by atoms with E-state index in [-0.39, 0.29) is 17.4 Å². The largest absolute Gasteiger partial charge is 0.500 e. The number of hydrogen-bond acceptors (Lipinski definition) is 7. The lowest BCUT2D eigenvalue weighted by atomic mass is 9.83. The van der Waals surface area contributed by atoms with Crippen LogP contribution in [0, 0.1) is 10.1 Å². The summed E-state index contributed by atoms with van der Waals surface area (Å²) in [4.78, 5) is 30.2. The van der Waals surface area contributed by atoms with Gasteiger partial charge in [0.2, 0.25) is 5.75 Å². The maximum absolute atomic E-state index is 13.9. The van der Waals surface area contributed by atoms with Crippen LogP contribution in [0.25, 0.3) is 11.8 Å². The lowest BCUT2D eigenvalue weighted by molar-refractivity contribution is -0.386. The summed E-state index contributed by atoms with van der Waals surface area (Å²) in [5.74, 6) is -0.601. The summed E-state index contributed by atoms with van der Waals surface area (Å²) >= 11 is 4.73. The standard InChI is InChI=1S/C28H20BrN3O5S/c1-37-22-13-15(12-21(26(22)33)32(35)36)14-23-27(34)31-25(17-6-9-18(29)10-7-17)20-11-8-16-4-2-3-5-19(16)24(20)30-28(31)38-23/h2-7,9-10,12-14,25,33H,8,11H2,1H3/b23-14-/t25-/m0/s1. The van der Waals surface area contributed by atoms with E-state index in [0.29, 0.717) is 14.9 Å². The maximum atomic E-state index is 13.9. The van der Waals surface area contributed by atoms with Gasteiger partial charge in [0.05, 0.1) is 28.3 Å². The van der Waals surface area contributed by atoms with Crippen LogP contribution >= 0.6 is 27.3 Å². The zero-order valence-corrected chi connectivity index (χ0v) is 22.5. The quantitative estimate of drug-likeness (QED) is 0.274. The molecule has 6 rings (SSSR count). The normalized spacial score (nSPS) is 16.4. The van der Waals surface area contributed by atoms with Crippen molar-refractivity contribution in [3.63, 3.8) is 0 Å². The van der Waals surface area contributed by atoms with Gasteiger partial charge < -0.3 is 9.84 Å². The van der Waals surface area contributed by atoms with Gasteiger partial charge in [-0.15, -0.1) is 0 Å². The number of aryl methyl sites for hydroxylation is 1. The van der Waals surface area contributed by atoms with Gasteiger partial charge in [-0.2, -0.15) is 0 Å². The van der Waals surface area contributed by atoms with Crippen molar-refractivity contribution in [2.24, 2.45) is 4.99 Å². The van der Waals surface area contributed by atoms with E-state index in [0.717, 1.165) is 39.7 Å². The Bertz CT molecular complexity index is 1840. The van der Waals surface area contributed by atoms with Crippen LogP contribution in [-0.2, 0) is 6.42 Å². The van der Waals surface area contributed by atoms with Crippen LogP contribution in [0.4, 0.5) is 5.69 Å². The minimum Gasteiger partial charge on any atom is -0.500 e. The molecular weight excluding hydrogens is 570 g/mol. The highest BCUT2D eigenvalue weighted by atomic mass is 79.9. The number of aromatic nitrogens is 1. The Morgan fingerprint density at radius 3 is 2.68 bits per heavy atom. The van der Waals surface area contributed by atoms with Crippen molar-refractivity contribution in [3.8, 4) is 11.5 Å². The Morgan fingerprint density at radius 2 is 1.95 bits per heavy atom. The number of ether oxygens (including phenoxy) is 1. The molecule has 0 saturated carbocycles. The molecule has 2 heterocycles. The minimum atomic E-state index is -0.685. The number of benzene rings is 3. The molecule has 2 aliphatic rings. The molecule has 0 unspecified atom stereocenters. The SMILES string of the molecule is COc1cc(/C=c2\sc3n(c2=O)[C@@H](c2ccc(Br)cc2)C2=C(N=3)c3ccccc3CC2)cc([N+](=O)[O-])c1O. The summed E-state index contributed by atoms with van der Waals surface area (Å²) in [6.07, 6.45) is 3.22. The number of phenols is 1. The van der Waals surface area contributed by atoms with Crippen LogP contribution in [0.5, 0.6) is 11.5 Å². The van der Waals surface area contributed by atoms with Gasteiger partial charge in [0.25, 0.3) is 5.56 Å². The van der Waals surface area contributed by atoms with Crippen LogP contribution in [0.3, 0.4) is 0 Å². The number of halogens is 1. The Kier molecular flexibility index (Phi) is 6.00. The van der Waals surface area contributed by atoms with Crippen molar-refractivity contribution in [2.45, 2.75) is 18.9 Å². The number of phenolic OH excluding ortho intramolecular Hbond substituents is 1. The molecule has 0 spiro atoms. The molecule has 0 fully saturated rings. The van der Waals surface area contributed by atoms with Gasteiger partial charge in [0.15, 0.2) is 10.6 Å². The van der Waals surface area contributed by atoms with Crippen molar-refractivity contribution in [1.82, 2.24) is 4.57 Å². The molecule has 0 amide bonds. The third-order valence-electron chi connectivity index (χ3n) is 6.85. The van der Waals surface area contributed by atoms with E-state index in [2.05, 4.69) is 28.1 Å². The molecule has 1 atom stereocenters. The second-order valence-electron chi connectivity index (χ2n) is 9.01. The van der Waals surface area contributed by atoms with Crippen molar-refractivity contribution >= 4 is 44.7 Å². The van der Waals surface area contributed by atoms with E-state index in [1.807, 2.05) is 36.4 Å². The van der Waals surface area contributed by atoms with E-state index in [9.17, 15) is 20.0 Å². The molecule has 10 heteroatoms. The Balaban J connectivity index is 1.60. The predicted octanol–water partition coefficient (Wildman–Crippen LogP) is 4.70. The van der Waals surface area contributed by atoms with Gasteiger partial charge in [-0.25, -0.2) is 4.99 Å². The van der Waals surface area contributed by atoms with Gasteiger partial charge in [-0.3, -0.25) is 19.5 Å². The number of methoxy groups -OCH3 is 1. The first-order valence-corrected chi connectivity index (χ1v) is 13.4. The first-order valence-electron chi connectivity index (χ1n) is 11.8. The number of rotatable bonds is 4. The number of thiazole rings is 1. The summed E-state index contributed by atoms with van der Waals surface area (Å²) in [5, 5.41) is 21.6. The zero-order chi connectivity index (χ0) is 26.6. The molecule has 3 aromatic carbocycles. The molecule has 190 valence electrons. The van der Waals surface area contributed by atoms with E-state index in [1.165, 1.54) is 36.1 Å². The van der Waals surface area contributed by atoms with Gasteiger partial charge in [-0.05, 0) is 59.4 Å². The molecule has 1 aliphatic carbocycles. The molecule has 0 bridgehead atoms. The van der Waals surface area contributed by atoms with E-state index in [1.54, 1.807) is 10.6 Å². The van der Waals surface area contributed by atoms with E-state index in [4.69, 9.17) is 9.73 Å². The Morgan fingerprint density at radius 1 is 1.18 bits per heavy atom. The number of hydrogen-bond donors (Lipinski definition) is 1. The molecule has 0 saturated heterocycles. The van der Waals surface area contributed by atoms with Crippen molar-refractivity contribution < 1.29 is 14.8 Å². The number of nitro groups is 1. The Hall–Kier alpha value is -4.02. The first kappa shape index (κ1) is 24.3. The highest BCUT2D eigenvalue weighted by Gasteiger charge is 2.32. The fourth-order valence-electron chi connectivity index (χ4n) is 5.11. The lowest BCUT2D eigenvalue weighted by Gasteiger charge is -2.30. The highest BCUT2D eigenvalue weighted by molar-refractivity contribution is 9.10. The number of nitro benzene ring substituents is 1. The highest BCUT2D eigenvalue weighted by Crippen LogP contribution is 2.41. The van der Waals surface area contributed by atoms with Crippen LogP contribution in [-0.4, -0.2) is 21.7 Å². The molecular formula is C28H20BrN3O5S. The van der Waals surface area contributed by atoms with Gasteiger partial charge in [0.1, 0.15) is 0 Å². The monoisotopic (exact) mass is 589 g/mol. The number of fused-ring (bicyclic) bond motifs is 3. The van der Waals surface area contributed by atoms with E-state index < -0.39 is 16.4 Å². The second kappa shape index (κ2) is 9.38. The van der Waals surface area contributed by atoms with E-state index >= 15 is 0 Å². The Labute approximate surface area is 228 Å². The smallest absolute Gasteiger partial charge is 0.315 e. The van der Waals surface area contributed by atoms with Crippen LogP contribution in [0.2, 0.25) is 0 Å². The number of allylic oxidation sites excluding steroid dienone is 1. The van der Waals surface area contributed by atoms with Crippen LogP contribution in [0.15, 0.2) is 80.5 Å². The third-order valence-corrected chi connectivity index (χ3v) is 8.36. The molecule has 1 aromatic heterocycles. The summed E-state index contributed by atoms with van der Waals surface area (Å²) < 4.78 is 8.17. The zero-order valence-electron chi connectivity index (χ0n) is 20.1. The van der Waals surface area contributed by atoms with Gasteiger partial charge in [0, 0.05) is 16.1 Å². The van der Waals surface area contributed by atoms with Crippen LogP contribution < -0.4 is 19.6 Å². The number of nitrogens with zero attached hydrogens (tertiary/aromatic N) is 3. The predicted molar refractivity (Wildman–Crippen MR) is 148 cm³/mol. The molecule has 1 N–H and O–H groups in total. The topological polar surface area (TPSA) is 107 Å². The van der Waals surface area contributed by atoms with Crippen molar-refractivity contribution in [3.05, 3.63) is 123 Å². The molecule has 1 aliphatic heterocycles. The lowest BCUT2D eigenvalue weighted by Crippen LogP contribution is -2.38. The summed E-state index contributed by atoms with van der Waals surface area (Å²) in [7, 11) is 1.32. The summed E-state index contributed by atoms with van der Waals surface area (Å²) in [6.45, 7) is 0. The fourth-order valence-corrected chi connectivity index (χ4v) is 6.38. The van der Waals surface area contributed by atoms with Crippen molar-refractivity contribution in [2.75, 3.05) is 7.11 Å². The fraction of sp³-hybridized carbons (Fsp3) is 0.143. The second-order valence-corrected chi connectivity index (χ2v) is 10.9. The third kappa shape index (κ3) is 3.97. The average molecular weight is 590 g/mol. The molecule has 38 heavy (non-hydrogen) atoms.